The second kappa shape index (κ2) is 7.76. The summed E-state index contributed by atoms with van der Waals surface area (Å²) in [6.45, 7) is 5.29. The zero-order chi connectivity index (χ0) is 16.8. The number of rotatable bonds is 6. The summed E-state index contributed by atoms with van der Waals surface area (Å²) < 4.78 is 0. The Balaban J connectivity index is 1.99. The summed E-state index contributed by atoms with van der Waals surface area (Å²) in [5, 5.41) is 5.35. The van der Waals surface area contributed by atoms with Gasteiger partial charge in [-0.2, -0.15) is 0 Å². The number of hydrogen-bond donors (Lipinski definition) is 2. The van der Waals surface area contributed by atoms with E-state index in [0.717, 1.165) is 18.5 Å². The lowest BCUT2D eigenvalue weighted by atomic mass is 10.1. The van der Waals surface area contributed by atoms with Crippen molar-refractivity contribution in [2.75, 3.05) is 13.1 Å². The third-order valence-corrected chi connectivity index (χ3v) is 3.83. The van der Waals surface area contributed by atoms with Gasteiger partial charge in [-0.25, -0.2) is 0 Å². The summed E-state index contributed by atoms with van der Waals surface area (Å²) in [5.74, 6) is -0.345. The van der Waals surface area contributed by atoms with Crippen molar-refractivity contribution in [3.05, 3.63) is 35.4 Å². The van der Waals surface area contributed by atoms with Gasteiger partial charge in [-0.3, -0.25) is 14.4 Å². The molecule has 0 spiro atoms. The van der Waals surface area contributed by atoms with Crippen molar-refractivity contribution in [3.63, 3.8) is 0 Å². The lowest BCUT2D eigenvalue weighted by molar-refractivity contribution is -0.128. The first-order valence-electron chi connectivity index (χ1n) is 7.96. The molecule has 6 nitrogen and oxygen atoms in total. The summed E-state index contributed by atoms with van der Waals surface area (Å²) >= 11 is 0. The number of nitrogens with one attached hydrogen (secondary N) is 2. The number of likely N-dealkylation sites (N-methyl/N-ethyl adjacent to an activating group) is 1. The molecule has 1 aromatic carbocycles. The maximum atomic E-state index is 12.2. The van der Waals surface area contributed by atoms with Crippen molar-refractivity contribution in [1.29, 1.82) is 0 Å². The van der Waals surface area contributed by atoms with Crippen LogP contribution in [0.4, 0.5) is 0 Å². The molecular formula is C17H23N3O3. The number of nitrogens with zero attached hydrogens (tertiary/aromatic N) is 1. The van der Waals surface area contributed by atoms with E-state index in [9.17, 15) is 14.4 Å². The van der Waals surface area contributed by atoms with E-state index in [1.54, 1.807) is 30.0 Å². The SMILES string of the molecule is CCNC(=O)[C@H](C)NC(=O)c1cccc(CN2CCCC2=O)c1. The molecule has 124 valence electrons. The maximum Gasteiger partial charge on any atom is 0.251 e. The van der Waals surface area contributed by atoms with Crippen LogP contribution < -0.4 is 10.6 Å². The number of carbonyl (C=O) groups excluding carboxylic acids is 3. The van der Waals surface area contributed by atoms with Crippen LogP contribution in [0.3, 0.4) is 0 Å². The Labute approximate surface area is 136 Å². The van der Waals surface area contributed by atoms with E-state index in [-0.39, 0.29) is 17.7 Å². The molecule has 2 rings (SSSR count). The standard InChI is InChI=1S/C17H23N3O3/c1-3-18-16(22)12(2)19-17(23)14-7-4-6-13(10-14)11-20-9-5-8-15(20)21/h4,6-7,10,12H,3,5,8-9,11H2,1-2H3,(H,18,22)(H,19,23)/t12-/m0/s1. The van der Waals surface area contributed by atoms with E-state index in [2.05, 4.69) is 10.6 Å². The maximum absolute atomic E-state index is 12.2. The van der Waals surface area contributed by atoms with Crippen molar-refractivity contribution < 1.29 is 14.4 Å². The Morgan fingerprint density at radius 3 is 2.78 bits per heavy atom. The van der Waals surface area contributed by atoms with Crippen LogP contribution in [-0.4, -0.2) is 41.8 Å². The van der Waals surface area contributed by atoms with Crippen LogP contribution >= 0.6 is 0 Å². The van der Waals surface area contributed by atoms with E-state index in [1.165, 1.54) is 0 Å². The van der Waals surface area contributed by atoms with Crippen molar-refractivity contribution in [2.45, 2.75) is 39.3 Å². The largest absolute Gasteiger partial charge is 0.355 e. The van der Waals surface area contributed by atoms with Gasteiger partial charge in [-0.15, -0.1) is 0 Å². The van der Waals surface area contributed by atoms with Crippen LogP contribution in [0.1, 0.15) is 42.6 Å². The fraction of sp³-hybridized carbons (Fsp3) is 0.471. The van der Waals surface area contributed by atoms with Crippen molar-refractivity contribution in [3.8, 4) is 0 Å². The Morgan fingerprint density at radius 1 is 1.35 bits per heavy atom. The summed E-state index contributed by atoms with van der Waals surface area (Å²) in [5.41, 5.74) is 1.41. The van der Waals surface area contributed by atoms with Crippen molar-refractivity contribution >= 4 is 17.7 Å². The predicted molar refractivity (Wildman–Crippen MR) is 86.7 cm³/mol. The minimum atomic E-state index is -0.591. The van der Waals surface area contributed by atoms with Gasteiger partial charge in [0, 0.05) is 31.6 Å². The smallest absolute Gasteiger partial charge is 0.251 e. The van der Waals surface area contributed by atoms with E-state index in [4.69, 9.17) is 0 Å². The second-order valence-electron chi connectivity index (χ2n) is 5.71. The van der Waals surface area contributed by atoms with Crippen LogP contribution in [0.2, 0.25) is 0 Å². The molecule has 0 radical (unpaired) electrons. The van der Waals surface area contributed by atoms with Crippen molar-refractivity contribution in [2.24, 2.45) is 0 Å². The molecule has 0 aromatic heterocycles. The number of carbonyl (C=O) groups is 3. The monoisotopic (exact) mass is 317 g/mol. The van der Waals surface area contributed by atoms with Gasteiger partial charge in [0.1, 0.15) is 6.04 Å². The predicted octanol–water partition coefficient (Wildman–Crippen LogP) is 1.06. The van der Waals surface area contributed by atoms with Crippen LogP contribution in [0.5, 0.6) is 0 Å². The molecule has 1 aromatic rings. The molecule has 0 aliphatic carbocycles. The molecule has 23 heavy (non-hydrogen) atoms. The quantitative estimate of drug-likeness (QED) is 0.823. The zero-order valence-electron chi connectivity index (χ0n) is 13.6. The molecule has 1 aliphatic rings. The fourth-order valence-electron chi connectivity index (χ4n) is 2.58. The van der Waals surface area contributed by atoms with Crippen LogP contribution in [0, 0.1) is 0 Å². The normalized spacial score (nSPS) is 15.4. The van der Waals surface area contributed by atoms with Gasteiger partial charge in [-0.05, 0) is 38.0 Å². The van der Waals surface area contributed by atoms with Crippen LogP contribution in [-0.2, 0) is 16.1 Å². The van der Waals surface area contributed by atoms with E-state index in [1.807, 2.05) is 13.0 Å². The van der Waals surface area contributed by atoms with Crippen LogP contribution in [0.15, 0.2) is 24.3 Å². The fourth-order valence-corrected chi connectivity index (χ4v) is 2.58. The minimum Gasteiger partial charge on any atom is -0.355 e. The third kappa shape index (κ3) is 4.55. The second-order valence-corrected chi connectivity index (χ2v) is 5.71. The molecular weight excluding hydrogens is 294 g/mol. The average molecular weight is 317 g/mol. The van der Waals surface area contributed by atoms with E-state index in [0.29, 0.717) is 25.1 Å². The average Bonchev–Trinajstić information content (AvgIpc) is 2.93. The van der Waals surface area contributed by atoms with Gasteiger partial charge in [0.25, 0.3) is 5.91 Å². The van der Waals surface area contributed by atoms with Gasteiger partial charge >= 0.3 is 0 Å². The highest BCUT2D eigenvalue weighted by Crippen LogP contribution is 2.15. The molecule has 0 unspecified atom stereocenters. The molecule has 1 heterocycles. The summed E-state index contributed by atoms with van der Waals surface area (Å²) in [6, 6.07) is 6.57. The highest BCUT2D eigenvalue weighted by Gasteiger charge is 2.21. The molecule has 1 aliphatic heterocycles. The third-order valence-electron chi connectivity index (χ3n) is 3.83. The van der Waals surface area contributed by atoms with Crippen molar-refractivity contribution in [1.82, 2.24) is 15.5 Å². The number of amides is 3. The first-order chi connectivity index (χ1) is 11.0. The van der Waals surface area contributed by atoms with Gasteiger partial charge in [0.2, 0.25) is 11.8 Å². The molecule has 2 N–H and O–H groups in total. The minimum absolute atomic E-state index is 0.157. The number of likely N-dealkylation sites (tertiary alicyclic amines) is 1. The van der Waals surface area contributed by atoms with Crippen LogP contribution in [0.25, 0.3) is 0 Å². The number of hydrogen-bond acceptors (Lipinski definition) is 3. The first-order valence-corrected chi connectivity index (χ1v) is 7.96. The molecule has 0 saturated carbocycles. The Morgan fingerprint density at radius 2 is 2.13 bits per heavy atom. The first kappa shape index (κ1) is 17.0. The summed E-state index contributed by atoms with van der Waals surface area (Å²) in [7, 11) is 0. The van der Waals surface area contributed by atoms with E-state index >= 15 is 0 Å². The molecule has 1 fully saturated rings. The van der Waals surface area contributed by atoms with Gasteiger partial charge < -0.3 is 15.5 Å². The Bertz CT molecular complexity index is 601. The molecule has 0 bridgehead atoms. The van der Waals surface area contributed by atoms with E-state index < -0.39 is 6.04 Å². The molecule has 3 amide bonds. The van der Waals surface area contributed by atoms with Gasteiger partial charge in [0.05, 0.1) is 0 Å². The highest BCUT2D eigenvalue weighted by atomic mass is 16.2. The summed E-state index contributed by atoms with van der Waals surface area (Å²) in [4.78, 5) is 37.4. The molecule has 6 heteroatoms. The van der Waals surface area contributed by atoms with Gasteiger partial charge in [0.15, 0.2) is 0 Å². The topological polar surface area (TPSA) is 78.5 Å². The highest BCUT2D eigenvalue weighted by molar-refractivity contribution is 5.97. The molecule has 1 saturated heterocycles. The lowest BCUT2D eigenvalue weighted by Crippen LogP contribution is -2.44. The van der Waals surface area contributed by atoms with Gasteiger partial charge in [-0.1, -0.05) is 12.1 Å². The lowest BCUT2D eigenvalue weighted by Gasteiger charge is -2.17. The zero-order valence-corrected chi connectivity index (χ0v) is 13.6. The number of benzene rings is 1. The Hall–Kier alpha value is -2.37. The summed E-state index contributed by atoms with van der Waals surface area (Å²) in [6.07, 6.45) is 1.49. The molecule has 1 atom stereocenters. The Kier molecular flexibility index (Phi) is 5.73.